The maximum absolute atomic E-state index is 13.6. The average molecular weight is 472 g/mol. The van der Waals surface area contributed by atoms with E-state index in [0.29, 0.717) is 32.1 Å². The number of rotatable bonds is 3. The van der Waals surface area contributed by atoms with Gasteiger partial charge in [-0.15, -0.1) is 0 Å². The smallest absolute Gasteiger partial charge is 0.408 e. The summed E-state index contributed by atoms with van der Waals surface area (Å²) in [4.78, 5) is 41.0. The predicted octanol–water partition coefficient (Wildman–Crippen LogP) is 2.98. The Kier molecular flexibility index (Phi) is 7.17. The maximum atomic E-state index is 13.6. The minimum atomic E-state index is -0.837. The van der Waals surface area contributed by atoms with Gasteiger partial charge in [0.2, 0.25) is 11.8 Å². The summed E-state index contributed by atoms with van der Waals surface area (Å²) in [6.45, 7) is 5.28. The Balaban J connectivity index is 1.50. The molecule has 8 nitrogen and oxygen atoms in total. The standard InChI is InChI=1S/C26H37N3O5/c1-26(2,3)34-25(33)28-21-13-12-18(30)15-17-11-14-22(29(17)24(21)32)23(31)27-20-10-6-8-16-7-4-5-9-19(16)20/h4-5,7,9,17-18,20-22,30H,6,8,10-15H2,1-3H3,(H,27,31)(H,28,33)/t17-,18?,20-,21+,22+/m1/s1. The van der Waals surface area contributed by atoms with Crippen molar-refractivity contribution in [3.8, 4) is 0 Å². The number of nitrogens with one attached hydrogen (secondary N) is 2. The fourth-order valence-electron chi connectivity index (χ4n) is 5.56. The molecule has 1 aromatic rings. The Morgan fingerprint density at radius 3 is 2.56 bits per heavy atom. The second-order valence-electron chi connectivity index (χ2n) is 10.8. The second kappa shape index (κ2) is 9.94. The van der Waals surface area contributed by atoms with Gasteiger partial charge in [0.05, 0.1) is 12.1 Å². The second-order valence-corrected chi connectivity index (χ2v) is 10.8. The van der Waals surface area contributed by atoms with Crippen LogP contribution in [-0.4, -0.2) is 57.7 Å². The molecule has 0 saturated carbocycles. The van der Waals surface area contributed by atoms with Crippen molar-refractivity contribution < 1.29 is 24.2 Å². The lowest BCUT2D eigenvalue weighted by Gasteiger charge is -2.37. The van der Waals surface area contributed by atoms with E-state index in [-0.39, 0.29) is 23.9 Å². The third-order valence-corrected chi connectivity index (χ3v) is 7.07. The lowest BCUT2D eigenvalue weighted by Crippen LogP contribution is -2.57. The summed E-state index contributed by atoms with van der Waals surface area (Å²) >= 11 is 0. The largest absolute Gasteiger partial charge is 0.444 e. The minimum absolute atomic E-state index is 0.0670. The molecule has 1 aliphatic carbocycles. The zero-order valence-corrected chi connectivity index (χ0v) is 20.4. The van der Waals surface area contributed by atoms with Crippen molar-refractivity contribution in [1.82, 2.24) is 15.5 Å². The van der Waals surface area contributed by atoms with Crippen LogP contribution < -0.4 is 10.6 Å². The SMILES string of the molecule is CC(C)(C)OC(=O)N[C@H]1CCC(O)C[C@H]2CC[C@@H](C(=O)N[C@@H]3CCCc4ccccc43)N2C1=O. The Hall–Kier alpha value is -2.61. The monoisotopic (exact) mass is 471 g/mol. The van der Waals surface area contributed by atoms with E-state index in [1.165, 1.54) is 5.56 Å². The summed E-state index contributed by atoms with van der Waals surface area (Å²) in [7, 11) is 0. The molecule has 1 aromatic carbocycles. The van der Waals surface area contributed by atoms with Crippen molar-refractivity contribution in [2.24, 2.45) is 0 Å². The van der Waals surface area contributed by atoms with E-state index in [1.807, 2.05) is 12.1 Å². The molecule has 2 saturated heterocycles. The van der Waals surface area contributed by atoms with Gasteiger partial charge in [0.1, 0.15) is 17.7 Å². The Bertz CT molecular complexity index is 927. The van der Waals surface area contributed by atoms with Crippen LogP contribution in [0.1, 0.15) is 82.9 Å². The minimum Gasteiger partial charge on any atom is -0.444 e. The normalized spacial score (nSPS) is 29.4. The molecular formula is C26H37N3O5. The van der Waals surface area contributed by atoms with Crippen molar-refractivity contribution in [2.75, 3.05) is 0 Å². The van der Waals surface area contributed by atoms with Crippen LogP contribution in [0.25, 0.3) is 0 Å². The number of hydrogen-bond donors (Lipinski definition) is 3. The summed E-state index contributed by atoms with van der Waals surface area (Å²) in [5, 5.41) is 16.4. The fourth-order valence-corrected chi connectivity index (χ4v) is 5.56. The third kappa shape index (κ3) is 5.54. The highest BCUT2D eigenvalue weighted by Crippen LogP contribution is 2.34. The third-order valence-electron chi connectivity index (χ3n) is 7.07. The Labute approximate surface area is 201 Å². The summed E-state index contributed by atoms with van der Waals surface area (Å²) < 4.78 is 5.34. The number of carbonyl (C=O) groups is 3. The summed E-state index contributed by atoms with van der Waals surface area (Å²) in [6, 6.07) is 6.45. The summed E-state index contributed by atoms with van der Waals surface area (Å²) in [5.41, 5.74) is 1.72. The number of aliphatic hydroxyl groups is 1. The molecule has 3 amide bonds. The molecule has 8 heteroatoms. The van der Waals surface area contributed by atoms with Gasteiger partial charge < -0.3 is 25.4 Å². The van der Waals surface area contributed by atoms with E-state index in [1.54, 1.807) is 25.7 Å². The zero-order valence-electron chi connectivity index (χ0n) is 20.4. The first-order valence-electron chi connectivity index (χ1n) is 12.5. The number of aryl methyl sites for hydroxylation is 1. The number of nitrogens with zero attached hydrogens (tertiary/aromatic N) is 1. The molecule has 3 N–H and O–H groups in total. The lowest BCUT2D eigenvalue weighted by atomic mass is 9.87. The van der Waals surface area contributed by atoms with Crippen molar-refractivity contribution in [1.29, 1.82) is 0 Å². The number of hydrogen-bond acceptors (Lipinski definition) is 5. The molecule has 0 aromatic heterocycles. The van der Waals surface area contributed by atoms with Gasteiger partial charge in [-0.3, -0.25) is 9.59 Å². The molecule has 0 radical (unpaired) electrons. The quantitative estimate of drug-likeness (QED) is 0.628. The van der Waals surface area contributed by atoms with Crippen molar-refractivity contribution in [3.05, 3.63) is 35.4 Å². The molecule has 1 unspecified atom stereocenters. The van der Waals surface area contributed by atoms with E-state index >= 15 is 0 Å². The van der Waals surface area contributed by atoms with Gasteiger partial charge >= 0.3 is 6.09 Å². The van der Waals surface area contributed by atoms with Crippen LogP contribution in [0.2, 0.25) is 0 Å². The highest BCUT2D eigenvalue weighted by Gasteiger charge is 2.45. The molecule has 2 fully saturated rings. The number of fused-ring (bicyclic) bond motifs is 2. The number of aliphatic hydroxyl groups excluding tert-OH is 1. The van der Waals surface area contributed by atoms with Crippen LogP contribution >= 0.6 is 0 Å². The Morgan fingerprint density at radius 2 is 1.79 bits per heavy atom. The van der Waals surface area contributed by atoms with Crippen LogP contribution in [-0.2, 0) is 20.7 Å². The molecule has 34 heavy (non-hydrogen) atoms. The van der Waals surface area contributed by atoms with E-state index in [0.717, 1.165) is 24.8 Å². The highest BCUT2D eigenvalue weighted by atomic mass is 16.6. The van der Waals surface area contributed by atoms with E-state index in [9.17, 15) is 19.5 Å². The number of alkyl carbamates (subject to hydrolysis) is 1. The number of amides is 3. The van der Waals surface area contributed by atoms with E-state index in [4.69, 9.17) is 4.74 Å². The van der Waals surface area contributed by atoms with Gasteiger partial charge in [0.15, 0.2) is 0 Å². The lowest BCUT2D eigenvalue weighted by molar-refractivity contribution is -0.144. The van der Waals surface area contributed by atoms with Crippen molar-refractivity contribution in [3.63, 3.8) is 0 Å². The fraction of sp³-hybridized carbons (Fsp3) is 0.654. The molecule has 3 aliphatic rings. The van der Waals surface area contributed by atoms with Gasteiger partial charge in [-0.05, 0) is 83.3 Å². The average Bonchev–Trinajstić information content (AvgIpc) is 3.17. The molecular weight excluding hydrogens is 434 g/mol. The number of ether oxygens (including phenoxy) is 1. The highest BCUT2D eigenvalue weighted by molar-refractivity contribution is 5.92. The van der Waals surface area contributed by atoms with Gasteiger partial charge in [-0.1, -0.05) is 24.3 Å². The molecule has 4 rings (SSSR count). The maximum Gasteiger partial charge on any atom is 0.408 e. The van der Waals surface area contributed by atoms with Gasteiger partial charge in [0.25, 0.3) is 0 Å². The van der Waals surface area contributed by atoms with Crippen LogP contribution in [0.5, 0.6) is 0 Å². The molecule has 2 heterocycles. The first-order chi connectivity index (χ1) is 16.1. The number of carbonyl (C=O) groups excluding carboxylic acids is 3. The zero-order chi connectivity index (χ0) is 24.5. The van der Waals surface area contributed by atoms with Crippen LogP contribution in [0.15, 0.2) is 24.3 Å². The molecule has 2 aliphatic heterocycles. The summed E-state index contributed by atoms with van der Waals surface area (Å²) in [5.74, 6) is -0.437. The predicted molar refractivity (Wildman–Crippen MR) is 127 cm³/mol. The molecule has 5 atom stereocenters. The van der Waals surface area contributed by atoms with E-state index in [2.05, 4.69) is 22.8 Å². The van der Waals surface area contributed by atoms with E-state index < -0.39 is 29.9 Å². The first-order valence-corrected chi connectivity index (χ1v) is 12.5. The van der Waals surface area contributed by atoms with Crippen LogP contribution in [0, 0.1) is 0 Å². The topological polar surface area (TPSA) is 108 Å². The molecule has 186 valence electrons. The van der Waals surface area contributed by atoms with Crippen LogP contribution in [0.3, 0.4) is 0 Å². The Morgan fingerprint density at radius 1 is 1.03 bits per heavy atom. The van der Waals surface area contributed by atoms with Crippen molar-refractivity contribution in [2.45, 2.75) is 108 Å². The summed E-state index contributed by atoms with van der Waals surface area (Å²) in [6.07, 6.45) is 3.98. The van der Waals surface area contributed by atoms with Crippen LogP contribution in [0.4, 0.5) is 4.79 Å². The van der Waals surface area contributed by atoms with Gasteiger partial charge in [-0.2, -0.15) is 0 Å². The van der Waals surface area contributed by atoms with Gasteiger partial charge in [-0.25, -0.2) is 4.79 Å². The first kappa shape index (κ1) is 24.5. The van der Waals surface area contributed by atoms with Gasteiger partial charge in [0, 0.05) is 6.04 Å². The number of benzene rings is 1. The molecule has 0 bridgehead atoms. The van der Waals surface area contributed by atoms with Crippen molar-refractivity contribution >= 4 is 17.9 Å². The molecule has 0 spiro atoms.